The number of amides is 3. The monoisotopic (exact) mass is 1280 g/mol. The molecule has 7 N–H and O–H groups in total. The molecule has 22 nitrogen and oxygen atoms in total. The molecule has 0 bridgehead atoms. The number of carbonyl (C=O) groups is 2. The normalized spacial score (nSPS) is 14.7. The number of alkyl halides is 4. The fourth-order valence-corrected chi connectivity index (χ4v) is 12.2. The zero-order valence-corrected chi connectivity index (χ0v) is 47.6. The van der Waals surface area contributed by atoms with Crippen molar-refractivity contribution in [1.82, 2.24) is 39.5 Å². The molecule has 34 heteroatoms. The number of nitrogens with zero attached hydrogens (tertiary/aromatic N) is 4. The SMILES string of the molecule is COc1cnc(Oc2c(Cl)cc(-n3nc(C(F)F)c(=O)[nH]c3=O)cc2Cl)cc1S(=O)(=O)NC1CC(C)(C)C1.COc1cnc(Oc2c(Cl)cc(Br)cc2Cl)cc1S(=O)(=O)NC1CC(C)(C)C1.N=C(C(=O)NC(N)=O)C(F)F.[B]. The van der Waals surface area contributed by atoms with E-state index in [1.54, 1.807) is 17.1 Å². The molecular formula is C44H45BBrCl4F4N10O12S2. The maximum atomic E-state index is 13.1. The van der Waals surface area contributed by atoms with Crippen LogP contribution in [0.2, 0.25) is 20.1 Å². The molecule has 3 radical (unpaired) electrons. The van der Waals surface area contributed by atoms with Crippen LogP contribution in [0.3, 0.4) is 0 Å². The Hall–Kier alpha value is -5.60. The lowest BCUT2D eigenvalue weighted by molar-refractivity contribution is -0.114. The molecule has 2 aliphatic carbocycles. The number of aromatic amines is 1. The molecule has 5 aromatic rings. The van der Waals surface area contributed by atoms with Gasteiger partial charge >= 0.3 is 11.7 Å². The van der Waals surface area contributed by atoms with Gasteiger partial charge in [-0.15, -0.1) is 0 Å². The van der Waals surface area contributed by atoms with Crippen LogP contribution in [0.4, 0.5) is 22.4 Å². The highest BCUT2D eigenvalue weighted by Crippen LogP contribution is 2.44. The van der Waals surface area contributed by atoms with E-state index in [1.165, 1.54) is 31.8 Å². The molecule has 2 aliphatic rings. The smallest absolute Gasteiger partial charge is 0.349 e. The van der Waals surface area contributed by atoms with E-state index in [9.17, 15) is 53.6 Å². The molecule has 2 saturated carbocycles. The minimum atomic E-state index is -4.01. The second-order valence-corrected chi connectivity index (χ2v) is 24.1. The third kappa shape index (κ3) is 16.7. The first-order valence-corrected chi connectivity index (χ1v) is 27.0. The van der Waals surface area contributed by atoms with E-state index in [2.05, 4.69) is 60.0 Å². The minimum Gasteiger partial charge on any atom is -0.494 e. The number of aromatic nitrogens is 5. The van der Waals surface area contributed by atoms with Crippen molar-refractivity contribution in [3.8, 4) is 40.4 Å². The molecule has 78 heavy (non-hydrogen) atoms. The molecule has 0 saturated heterocycles. The van der Waals surface area contributed by atoms with Gasteiger partial charge in [0, 0.05) is 37.1 Å². The van der Waals surface area contributed by atoms with Gasteiger partial charge in [-0.2, -0.15) is 9.78 Å². The van der Waals surface area contributed by atoms with Gasteiger partial charge in [0.25, 0.3) is 24.3 Å². The van der Waals surface area contributed by atoms with Crippen LogP contribution >= 0.6 is 62.3 Å². The molecular weight excluding hydrogens is 1230 g/mol. The lowest BCUT2D eigenvalue weighted by Crippen LogP contribution is -2.48. The van der Waals surface area contributed by atoms with Gasteiger partial charge in [-0.3, -0.25) is 25.3 Å². The molecule has 2 fully saturated rings. The highest BCUT2D eigenvalue weighted by Gasteiger charge is 2.40. The number of hydrogen-bond donors (Lipinski definition) is 6. The van der Waals surface area contributed by atoms with Crippen molar-refractivity contribution in [2.75, 3.05) is 14.2 Å². The quantitative estimate of drug-likeness (QED) is 0.0307. The summed E-state index contributed by atoms with van der Waals surface area (Å²) in [6.45, 7) is 8.28. The van der Waals surface area contributed by atoms with E-state index in [0.29, 0.717) is 22.0 Å². The summed E-state index contributed by atoms with van der Waals surface area (Å²) < 4.78 is 129. The number of sulfonamides is 2. The number of hydrogen-bond acceptors (Lipinski definition) is 16. The molecule has 7 rings (SSSR count). The second kappa shape index (κ2) is 26.1. The summed E-state index contributed by atoms with van der Waals surface area (Å²) in [5, 5.41) is 11.2. The van der Waals surface area contributed by atoms with Crippen LogP contribution in [-0.2, 0) is 24.8 Å². The average Bonchev–Trinajstić information content (AvgIpc) is 3.29. The summed E-state index contributed by atoms with van der Waals surface area (Å²) >= 11 is 28.2. The van der Waals surface area contributed by atoms with E-state index >= 15 is 0 Å². The topological polar surface area (TPSA) is 319 Å². The zero-order valence-electron chi connectivity index (χ0n) is 41.3. The number of primary amides is 1. The summed E-state index contributed by atoms with van der Waals surface area (Å²) in [6.07, 6.45) is -1.11. The largest absolute Gasteiger partial charge is 0.494 e. The highest BCUT2D eigenvalue weighted by atomic mass is 79.9. The Morgan fingerprint density at radius 3 is 1.51 bits per heavy atom. The third-order valence-corrected chi connectivity index (χ3v) is 15.5. The summed E-state index contributed by atoms with van der Waals surface area (Å²) in [7, 11) is -5.16. The van der Waals surface area contributed by atoms with Crippen LogP contribution in [0.5, 0.6) is 34.8 Å². The number of benzene rings is 2. The number of H-pyrrole nitrogens is 1. The number of imide groups is 1. The fraction of sp³-hybridized carbons (Fsp3) is 0.364. The predicted octanol–water partition coefficient (Wildman–Crippen LogP) is 8.33. The van der Waals surface area contributed by atoms with Gasteiger partial charge in [0.2, 0.25) is 31.8 Å². The first-order valence-electron chi connectivity index (χ1n) is 21.8. The van der Waals surface area contributed by atoms with Crippen molar-refractivity contribution >= 4 is 108 Å². The summed E-state index contributed by atoms with van der Waals surface area (Å²) in [6, 6.07) is 6.31. The van der Waals surface area contributed by atoms with Gasteiger partial charge in [-0.1, -0.05) is 90.0 Å². The Morgan fingerprint density at radius 1 is 0.769 bits per heavy atom. The Labute approximate surface area is 472 Å². The molecule has 3 amide bonds. The van der Waals surface area contributed by atoms with E-state index in [-0.39, 0.29) is 102 Å². The number of ether oxygens (including phenoxy) is 4. The maximum absolute atomic E-state index is 13.1. The van der Waals surface area contributed by atoms with Gasteiger partial charge < -0.3 is 24.7 Å². The minimum absolute atomic E-state index is 0. The van der Waals surface area contributed by atoms with Crippen molar-refractivity contribution in [3.63, 3.8) is 0 Å². The van der Waals surface area contributed by atoms with Crippen LogP contribution in [0.1, 0.15) is 65.5 Å². The Balaban J connectivity index is 0.000000287. The summed E-state index contributed by atoms with van der Waals surface area (Å²) in [4.78, 5) is 53.4. The number of urea groups is 1. The lowest BCUT2D eigenvalue weighted by atomic mass is 9.69. The first kappa shape index (κ1) is 64.9. The highest BCUT2D eigenvalue weighted by molar-refractivity contribution is 9.10. The van der Waals surface area contributed by atoms with Gasteiger partial charge in [0.05, 0.1) is 52.4 Å². The standard InChI is InChI=1S/C22H21Cl2F2N5O6S.C18H19BrCl2N2O4S.C4H5F2N3O2.B/c1-22(2)7-10(8-22)30-38(34,35)15-6-16(27-9-14(15)36-3)37-18-12(23)4-11(5-13(18)24)31-21(33)28-20(32)17(29-31)19(25)26;1-18(2)7-11(8-18)23-28(24,25)15-6-16(22-9-14(15)26-3)27-17-12(20)4-10(19)5-13(17)21;5-2(6)1(7)3(10)9-4(8)11;/h4-6,9-10,19,30H,7-8H2,1-3H3,(H,28,32,33);4-6,9,11,23H,7-8H2,1-3H3;2,7H,(H3,8,9,10,11);. The van der Waals surface area contributed by atoms with Crippen molar-refractivity contribution in [2.24, 2.45) is 16.6 Å². The van der Waals surface area contributed by atoms with Gasteiger partial charge in [0.1, 0.15) is 9.79 Å². The maximum Gasteiger partial charge on any atom is 0.349 e. The molecule has 3 aromatic heterocycles. The van der Waals surface area contributed by atoms with Crippen LogP contribution in [0.15, 0.2) is 72.6 Å². The molecule has 0 atom stereocenters. The number of nitrogens with one attached hydrogen (secondary N) is 5. The fourth-order valence-electron chi connectivity index (χ4n) is 7.54. The predicted molar refractivity (Wildman–Crippen MR) is 283 cm³/mol. The zero-order chi connectivity index (χ0) is 57.7. The van der Waals surface area contributed by atoms with Crippen LogP contribution in [0.25, 0.3) is 5.69 Å². The van der Waals surface area contributed by atoms with Crippen molar-refractivity contribution in [2.45, 2.75) is 88.1 Å². The Kier molecular flexibility index (Phi) is 21.7. The number of halogens is 9. The molecule has 2 aromatic carbocycles. The van der Waals surface area contributed by atoms with E-state index in [1.807, 2.05) is 13.8 Å². The van der Waals surface area contributed by atoms with E-state index in [0.717, 1.165) is 37.2 Å². The van der Waals surface area contributed by atoms with E-state index < -0.39 is 67.5 Å². The lowest BCUT2D eigenvalue weighted by Gasteiger charge is -2.42. The van der Waals surface area contributed by atoms with Gasteiger partial charge in [-0.25, -0.2) is 63.4 Å². The Morgan fingerprint density at radius 2 is 1.17 bits per heavy atom. The number of nitrogens with two attached hydrogens (primary N) is 1. The molecule has 3 heterocycles. The second-order valence-electron chi connectivity index (χ2n) is 18.2. The number of methoxy groups -OCH3 is 2. The van der Waals surface area contributed by atoms with Crippen molar-refractivity contribution in [1.29, 1.82) is 5.41 Å². The van der Waals surface area contributed by atoms with E-state index in [4.69, 9.17) is 70.8 Å². The van der Waals surface area contributed by atoms with Gasteiger partial charge in [-0.05, 0) is 60.8 Å². The molecule has 0 spiro atoms. The number of pyridine rings is 2. The average molecular weight is 1280 g/mol. The first-order chi connectivity index (χ1) is 35.7. The third-order valence-electron chi connectivity index (χ3n) is 10.8. The number of carbonyl (C=O) groups excluding carboxylic acids is 2. The van der Waals surface area contributed by atoms with Gasteiger partial charge in [0.15, 0.2) is 34.4 Å². The molecule has 0 aliphatic heterocycles. The van der Waals surface area contributed by atoms with Crippen LogP contribution < -0.4 is 50.7 Å². The van der Waals surface area contributed by atoms with Crippen molar-refractivity contribution < 1.29 is 62.9 Å². The van der Waals surface area contributed by atoms with Crippen molar-refractivity contribution in [3.05, 3.63) is 99.9 Å². The molecule has 0 unspecified atom stereocenters. The van der Waals surface area contributed by atoms with Crippen LogP contribution in [-0.4, -0.2) is 100 Å². The Bertz CT molecular complexity index is 3400. The summed E-state index contributed by atoms with van der Waals surface area (Å²) in [5.41, 5.74) is -0.633. The number of rotatable bonds is 16. The van der Waals surface area contributed by atoms with Crippen LogP contribution in [0, 0.1) is 16.2 Å². The summed E-state index contributed by atoms with van der Waals surface area (Å²) in [5.74, 6) is -1.54. The molecule has 421 valence electrons.